The van der Waals surface area contributed by atoms with E-state index in [1.807, 2.05) is 17.9 Å². The van der Waals surface area contributed by atoms with Gasteiger partial charge in [-0.15, -0.1) is 0 Å². The second kappa shape index (κ2) is 6.70. The normalized spacial score (nSPS) is 19.2. The van der Waals surface area contributed by atoms with E-state index in [2.05, 4.69) is 42.3 Å². The highest BCUT2D eigenvalue weighted by molar-refractivity contribution is 5.10. The molecule has 1 unspecified atom stereocenters. The summed E-state index contributed by atoms with van der Waals surface area (Å²) in [4.78, 5) is 2.54. The highest BCUT2D eigenvalue weighted by atomic mass is 16.5. The molecule has 2 heterocycles. The van der Waals surface area contributed by atoms with Gasteiger partial charge >= 0.3 is 0 Å². The zero-order chi connectivity index (χ0) is 14.6. The number of morpholine rings is 1. The number of ether oxygens (including phenoxy) is 1. The predicted molar refractivity (Wildman–Crippen MR) is 80.8 cm³/mol. The summed E-state index contributed by atoms with van der Waals surface area (Å²) in [6.45, 7) is 11.5. The van der Waals surface area contributed by atoms with Gasteiger partial charge in [0.15, 0.2) is 0 Å². The van der Waals surface area contributed by atoms with Crippen LogP contribution in [0.2, 0.25) is 0 Å². The topological polar surface area (TPSA) is 42.3 Å². The zero-order valence-corrected chi connectivity index (χ0v) is 13.2. The molecule has 0 bridgehead atoms. The van der Waals surface area contributed by atoms with Crippen molar-refractivity contribution in [2.45, 2.75) is 38.8 Å². The van der Waals surface area contributed by atoms with Gasteiger partial charge in [-0.25, -0.2) is 0 Å². The molecule has 1 atom stereocenters. The van der Waals surface area contributed by atoms with Crippen LogP contribution in [-0.4, -0.2) is 59.1 Å². The summed E-state index contributed by atoms with van der Waals surface area (Å²) in [5, 5.41) is 7.94. The summed E-state index contributed by atoms with van der Waals surface area (Å²) < 4.78 is 7.36. The molecular weight excluding hydrogens is 252 g/mol. The molecule has 0 amide bonds. The third-order valence-electron chi connectivity index (χ3n) is 4.33. The van der Waals surface area contributed by atoms with Gasteiger partial charge in [0.1, 0.15) is 0 Å². The lowest BCUT2D eigenvalue weighted by atomic mass is 9.87. The third kappa shape index (κ3) is 3.59. The lowest BCUT2D eigenvalue weighted by Crippen LogP contribution is -2.61. The van der Waals surface area contributed by atoms with Crippen molar-refractivity contribution in [1.29, 1.82) is 0 Å². The van der Waals surface area contributed by atoms with Crippen molar-refractivity contribution in [2.75, 3.05) is 32.8 Å². The van der Waals surface area contributed by atoms with Gasteiger partial charge in [0.05, 0.1) is 19.4 Å². The first kappa shape index (κ1) is 15.5. The van der Waals surface area contributed by atoms with Crippen molar-refractivity contribution in [2.24, 2.45) is 7.05 Å². The van der Waals surface area contributed by atoms with E-state index in [0.717, 1.165) is 39.3 Å². The fourth-order valence-corrected chi connectivity index (χ4v) is 2.99. The lowest BCUT2D eigenvalue weighted by molar-refractivity contribution is -0.0230. The second-order valence-corrected chi connectivity index (χ2v) is 6.09. The van der Waals surface area contributed by atoms with E-state index in [1.54, 1.807) is 0 Å². The minimum Gasteiger partial charge on any atom is -0.379 e. The van der Waals surface area contributed by atoms with Crippen LogP contribution >= 0.6 is 0 Å². The van der Waals surface area contributed by atoms with Crippen molar-refractivity contribution >= 4 is 0 Å². The number of aromatic nitrogens is 2. The van der Waals surface area contributed by atoms with Gasteiger partial charge in [0, 0.05) is 37.9 Å². The Kier molecular flexibility index (Phi) is 5.18. The average molecular weight is 280 g/mol. The van der Waals surface area contributed by atoms with Crippen LogP contribution in [-0.2, 0) is 18.2 Å². The maximum absolute atomic E-state index is 5.48. The maximum Gasteiger partial charge on any atom is 0.0594 e. The third-order valence-corrected chi connectivity index (χ3v) is 4.33. The van der Waals surface area contributed by atoms with E-state index >= 15 is 0 Å². The molecule has 0 saturated carbocycles. The van der Waals surface area contributed by atoms with E-state index in [1.165, 1.54) is 5.56 Å². The van der Waals surface area contributed by atoms with Crippen LogP contribution in [0.5, 0.6) is 0 Å². The molecule has 1 saturated heterocycles. The van der Waals surface area contributed by atoms with E-state index < -0.39 is 0 Å². The Morgan fingerprint density at radius 1 is 1.40 bits per heavy atom. The quantitative estimate of drug-likeness (QED) is 0.846. The van der Waals surface area contributed by atoms with Crippen LogP contribution in [0, 0.1) is 0 Å². The maximum atomic E-state index is 5.48. The molecule has 1 fully saturated rings. The summed E-state index contributed by atoms with van der Waals surface area (Å²) in [6.07, 6.45) is 5.09. The van der Waals surface area contributed by atoms with Gasteiger partial charge in [-0.3, -0.25) is 9.58 Å². The van der Waals surface area contributed by atoms with E-state index in [-0.39, 0.29) is 5.54 Å². The van der Waals surface area contributed by atoms with Crippen molar-refractivity contribution < 1.29 is 4.74 Å². The van der Waals surface area contributed by atoms with Crippen LogP contribution < -0.4 is 5.32 Å². The van der Waals surface area contributed by atoms with Crippen molar-refractivity contribution in [1.82, 2.24) is 20.0 Å². The number of hydrogen-bond donors (Lipinski definition) is 1. The van der Waals surface area contributed by atoms with E-state index in [9.17, 15) is 0 Å². The molecule has 0 radical (unpaired) electrons. The number of aryl methyl sites for hydroxylation is 1. The number of nitrogens with zero attached hydrogens (tertiary/aromatic N) is 3. The van der Waals surface area contributed by atoms with Gasteiger partial charge in [-0.2, -0.15) is 5.10 Å². The Hall–Kier alpha value is -0.910. The molecule has 2 rings (SSSR count). The number of nitrogens with one attached hydrogen (secondary N) is 1. The standard InChI is InChI=1S/C15H28N4O/c1-5-16-14(10-13-11-17-18(4)12-13)15(2,3)19-6-8-20-9-7-19/h11-12,14,16H,5-10H2,1-4H3. The highest BCUT2D eigenvalue weighted by Gasteiger charge is 2.35. The Bertz CT molecular complexity index is 410. The minimum atomic E-state index is 0.107. The minimum absolute atomic E-state index is 0.107. The molecular formula is C15H28N4O. The zero-order valence-electron chi connectivity index (χ0n) is 13.2. The molecule has 1 N–H and O–H groups in total. The van der Waals surface area contributed by atoms with Gasteiger partial charge in [0.2, 0.25) is 0 Å². The first-order valence-electron chi connectivity index (χ1n) is 7.57. The molecule has 1 aromatic heterocycles. The molecule has 1 aliphatic heterocycles. The van der Waals surface area contributed by atoms with Gasteiger partial charge in [-0.1, -0.05) is 6.92 Å². The molecule has 1 aliphatic rings. The highest BCUT2D eigenvalue weighted by Crippen LogP contribution is 2.23. The summed E-state index contributed by atoms with van der Waals surface area (Å²) in [5.41, 5.74) is 1.40. The van der Waals surface area contributed by atoms with E-state index in [0.29, 0.717) is 6.04 Å². The first-order valence-corrected chi connectivity index (χ1v) is 7.57. The van der Waals surface area contributed by atoms with Gasteiger partial charge in [0.25, 0.3) is 0 Å². The summed E-state index contributed by atoms with van der Waals surface area (Å²) in [6, 6.07) is 0.412. The molecule has 0 aliphatic carbocycles. The Morgan fingerprint density at radius 3 is 2.65 bits per heavy atom. The monoisotopic (exact) mass is 280 g/mol. The van der Waals surface area contributed by atoms with Crippen molar-refractivity contribution in [3.63, 3.8) is 0 Å². The molecule has 5 heteroatoms. The van der Waals surface area contributed by atoms with Crippen molar-refractivity contribution in [3.05, 3.63) is 18.0 Å². The van der Waals surface area contributed by atoms with Gasteiger partial charge < -0.3 is 10.1 Å². The fourth-order valence-electron chi connectivity index (χ4n) is 2.99. The Morgan fingerprint density at radius 2 is 2.10 bits per heavy atom. The van der Waals surface area contributed by atoms with Crippen LogP contribution in [0.15, 0.2) is 12.4 Å². The van der Waals surface area contributed by atoms with Gasteiger partial charge in [-0.05, 0) is 32.4 Å². The summed E-state index contributed by atoms with van der Waals surface area (Å²) in [5.74, 6) is 0. The van der Waals surface area contributed by atoms with Crippen LogP contribution in [0.25, 0.3) is 0 Å². The SMILES string of the molecule is CCNC(Cc1cnn(C)c1)C(C)(C)N1CCOCC1. The predicted octanol–water partition coefficient (Wildman–Crippen LogP) is 1.05. The number of rotatable bonds is 6. The molecule has 1 aromatic rings. The molecule has 5 nitrogen and oxygen atoms in total. The van der Waals surface area contributed by atoms with Crippen LogP contribution in [0.1, 0.15) is 26.3 Å². The molecule has 114 valence electrons. The largest absolute Gasteiger partial charge is 0.379 e. The molecule has 20 heavy (non-hydrogen) atoms. The fraction of sp³-hybridized carbons (Fsp3) is 0.800. The lowest BCUT2D eigenvalue weighted by Gasteiger charge is -2.46. The van der Waals surface area contributed by atoms with Crippen LogP contribution in [0.4, 0.5) is 0 Å². The second-order valence-electron chi connectivity index (χ2n) is 6.09. The summed E-state index contributed by atoms with van der Waals surface area (Å²) >= 11 is 0. The Labute approximate surface area is 122 Å². The number of hydrogen-bond acceptors (Lipinski definition) is 4. The molecule has 0 spiro atoms. The summed E-state index contributed by atoms with van der Waals surface area (Å²) in [7, 11) is 1.97. The van der Waals surface area contributed by atoms with E-state index in [4.69, 9.17) is 4.74 Å². The van der Waals surface area contributed by atoms with Crippen LogP contribution in [0.3, 0.4) is 0 Å². The number of likely N-dealkylation sites (N-methyl/N-ethyl adjacent to an activating group) is 1. The Balaban J connectivity index is 2.08. The van der Waals surface area contributed by atoms with Crippen molar-refractivity contribution in [3.8, 4) is 0 Å². The first-order chi connectivity index (χ1) is 9.54. The smallest absolute Gasteiger partial charge is 0.0594 e. The molecule has 0 aromatic carbocycles. The average Bonchev–Trinajstić information content (AvgIpc) is 2.85.